The lowest BCUT2D eigenvalue weighted by atomic mass is 10.0. The Labute approximate surface area is 116 Å². The molecule has 0 saturated carbocycles. The number of carbonyl (C=O) groups excluding carboxylic acids is 1. The lowest BCUT2D eigenvalue weighted by Gasteiger charge is -2.14. The summed E-state index contributed by atoms with van der Waals surface area (Å²) < 4.78 is 0. The first-order valence-corrected chi connectivity index (χ1v) is 6.91. The van der Waals surface area contributed by atoms with Crippen LogP contribution in [-0.2, 0) is 11.2 Å². The predicted molar refractivity (Wildman–Crippen MR) is 78.1 cm³/mol. The molecular weight excluding hydrogens is 238 g/mol. The van der Waals surface area contributed by atoms with Crippen molar-refractivity contribution in [2.24, 2.45) is 5.92 Å². The predicted octanol–water partition coefficient (Wildman–Crippen LogP) is 2.37. The van der Waals surface area contributed by atoms with Crippen LogP contribution in [0.1, 0.15) is 37.0 Å². The number of aryl methyl sites for hydroxylation is 2. The van der Waals surface area contributed by atoms with Gasteiger partial charge in [-0.25, -0.2) is 0 Å². The lowest BCUT2D eigenvalue weighted by molar-refractivity contribution is -0.123. The number of aliphatic hydroxyl groups is 1. The molecule has 1 rings (SSSR count). The molecule has 1 atom stereocenters. The standard InChI is InChI=1S/C16H25NO2/c1-11(2)15(18)10-16(19)17-8-7-14-6-5-12(3)9-13(14)4/h5-6,9,11,15,18H,7-8,10H2,1-4H3,(H,17,19). The molecule has 1 unspecified atom stereocenters. The molecule has 0 saturated heterocycles. The molecule has 1 aromatic rings. The van der Waals surface area contributed by atoms with Gasteiger partial charge in [0.25, 0.3) is 0 Å². The number of nitrogens with one attached hydrogen (secondary N) is 1. The Morgan fingerprint density at radius 2 is 2.00 bits per heavy atom. The zero-order chi connectivity index (χ0) is 14.4. The first kappa shape index (κ1) is 15.7. The molecule has 0 aliphatic heterocycles. The Balaban J connectivity index is 2.36. The van der Waals surface area contributed by atoms with E-state index in [1.807, 2.05) is 13.8 Å². The molecule has 19 heavy (non-hydrogen) atoms. The summed E-state index contributed by atoms with van der Waals surface area (Å²) in [7, 11) is 0. The third kappa shape index (κ3) is 5.43. The zero-order valence-corrected chi connectivity index (χ0v) is 12.4. The molecular formula is C16H25NO2. The van der Waals surface area contributed by atoms with Crippen molar-refractivity contribution in [3.63, 3.8) is 0 Å². The molecule has 0 heterocycles. The highest BCUT2D eigenvalue weighted by Gasteiger charge is 2.13. The third-order valence-electron chi connectivity index (χ3n) is 3.38. The average Bonchev–Trinajstić information content (AvgIpc) is 2.31. The topological polar surface area (TPSA) is 49.3 Å². The molecule has 3 nitrogen and oxygen atoms in total. The Kier molecular flexibility index (Phi) is 6.03. The summed E-state index contributed by atoms with van der Waals surface area (Å²) in [4.78, 5) is 11.6. The fourth-order valence-corrected chi connectivity index (χ4v) is 1.96. The summed E-state index contributed by atoms with van der Waals surface area (Å²) in [6.45, 7) is 8.60. The SMILES string of the molecule is Cc1ccc(CCNC(=O)CC(O)C(C)C)c(C)c1. The van der Waals surface area contributed by atoms with Gasteiger partial charge in [0.2, 0.25) is 5.91 Å². The second kappa shape index (κ2) is 7.29. The van der Waals surface area contributed by atoms with E-state index in [1.54, 1.807) is 0 Å². The summed E-state index contributed by atoms with van der Waals surface area (Å²) in [5.41, 5.74) is 3.78. The van der Waals surface area contributed by atoms with Crippen molar-refractivity contribution in [2.45, 2.75) is 46.6 Å². The van der Waals surface area contributed by atoms with E-state index in [4.69, 9.17) is 0 Å². The van der Waals surface area contributed by atoms with Gasteiger partial charge in [0.15, 0.2) is 0 Å². The first-order chi connectivity index (χ1) is 8.90. The van der Waals surface area contributed by atoms with Crippen LogP contribution in [0.5, 0.6) is 0 Å². The largest absolute Gasteiger partial charge is 0.392 e. The fraction of sp³-hybridized carbons (Fsp3) is 0.562. The number of amides is 1. The van der Waals surface area contributed by atoms with Crippen molar-refractivity contribution < 1.29 is 9.90 Å². The summed E-state index contributed by atoms with van der Waals surface area (Å²) in [5, 5.41) is 12.5. The zero-order valence-electron chi connectivity index (χ0n) is 12.4. The summed E-state index contributed by atoms with van der Waals surface area (Å²) in [6, 6.07) is 6.35. The van der Waals surface area contributed by atoms with E-state index in [0.717, 1.165) is 6.42 Å². The maximum Gasteiger partial charge on any atom is 0.222 e. The number of hydrogen-bond acceptors (Lipinski definition) is 2. The molecule has 0 bridgehead atoms. The molecule has 0 fully saturated rings. The number of carbonyl (C=O) groups is 1. The van der Waals surface area contributed by atoms with E-state index in [9.17, 15) is 9.90 Å². The van der Waals surface area contributed by atoms with Gasteiger partial charge in [0, 0.05) is 6.54 Å². The van der Waals surface area contributed by atoms with Crippen LogP contribution in [0.2, 0.25) is 0 Å². The van der Waals surface area contributed by atoms with Crippen LogP contribution in [0.4, 0.5) is 0 Å². The molecule has 0 aliphatic carbocycles. The number of hydrogen-bond donors (Lipinski definition) is 2. The van der Waals surface area contributed by atoms with Gasteiger partial charge < -0.3 is 10.4 Å². The number of aliphatic hydroxyl groups excluding tert-OH is 1. The minimum absolute atomic E-state index is 0.0778. The molecule has 3 heteroatoms. The monoisotopic (exact) mass is 263 g/mol. The van der Waals surface area contributed by atoms with Crippen LogP contribution in [0, 0.1) is 19.8 Å². The van der Waals surface area contributed by atoms with Gasteiger partial charge in [-0.3, -0.25) is 4.79 Å². The maximum absolute atomic E-state index is 11.6. The van der Waals surface area contributed by atoms with E-state index < -0.39 is 6.10 Å². The van der Waals surface area contributed by atoms with Gasteiger partial charge in [-0.15, -0.1) is 0 Å². The minimum Gasteiger partial charge on any atom is -0.392 e. The van der Waals surface area contributed by atoms with Gasteiger partial charge in [-0.2, -0.15) is 0 Å². The summed E-state index contributed by atoms with van der Waals surface area (Å²) in [5.74, 6) is 0.0380. The van der Waals surface area contributed by atoms with E-state index in [0.29, 0.717) is 6.54 Å². The van der Waals surface area contributed by atoms with E-state index in [1.165, 1.54) is 16.7 Å². The second-order valence-electron chi connectivity index (χ2n) is 5.55. The van der Waals surface area contributed by atoms with E-state index >= 15 is 0 Å². The summed E-state index contributed by atoms with van der Waals surface area (Å²) in [6.07, 6.45) is 0.460. The van der Waals surface area contributed by atoms with Crippen molar-refractivity contribution in [1.29, 1.82) is 0 Å². The molecule has 0 radical (unpaired) electrons. The van der Waals surface area contributed by atoms with Crippen LogP contribution in [-0.4, -0.2) is 23.7 Å². The normalized spacial score (nSPS) is 12.5. The lowest BCUT2D eigenvalue weighted by Crippen LogP contribution is -2.31. The molecule has 106 valence electrons. The highest BCUT2D eigenvalue weighted by atomic mass is 16.3. The molecule has 0 spiro atoms. The van der Waals surface area contributed by atoms with Crippen molar-refractivity contribution in [2.75, 3.05) is 6.54 Å². The quantitative estimate of drug-likeness (QED) is 0.828. The van der Waals surface area contributed by atoms with Crippen LogP contribution >= 0.6 is 0 Å². The second-order valence-corrected chi connectivity index (χ2v) is 5.55. The third-order valence-corrected chi connectivity index (χ3v) is 3.38. The maximum atomic E-state index is 11.6. The van der Waals surface area contributed by atoms with Gasteiger partial charge in [-0.1, -0.05) is 37.6 Å². The smallest absolute Gasteiger partial charge is 0.222 e. The van der Waals surface area contributed by atoms with Gasteiger partial charge >= 0.3 is 0 Å². The van der Waals surface area contributed by atoms with Gasteiger partial charge in [0.05, 0.1) is 12.5 Å². The highest BCUT2D eigenvalue weighted by molar-refractivity contribution is 5.76. The molecule has 2 N–H and O–H groups in total. The fourth-order valence-electron chi connectivity index (χ4n) is 1.96. The van der Waals surface area contributed by atoms with Gasteiger partial charge in [0.1, 0.15) is 0 Å². The minimum atomic E-state index is -0.555. The van der Waals surface area contributed by atoms with E-state index in [2.05, 4.69) is 37.4 Å². The van der Waals surface area contributed by atoms with Crippen molar-refractivity contribution in [3.05, 3.63) is 34.9 Å². The number of benzene rings is 1. The van der Waals surface area contributed by atoms with Gasteiger partial charge in [-0.05, 0) is 37.3 Å². The van der Waals surface area contributed by atoms with Crippen LogP contribution < -0.4 is 5.32 Å². The van der Waals surface area contributed by atoms with Crippen LogP contribution in [0.15, 0.2) is 18.2 Å². The number of rotatable bonds is 6. The highest BCUT2D eigenvalue weighted by Crippen LogP contribution is 2.11. The van der Waals surface area contributed by atoms with Crippen molar-refractivity contribution in [3.8, 4) is 0 Å². The summed E-state index contributed by atoms with van der Waals surface area (Å²) >= 11 is 0. The van der Waals surface area contributed by atoms with Crippen LogP contribution in [0.3, 0.4) is 0 Å². The molecule has 0 aliphatic rings. The van der Waals surface area contributed by atoms with Crippen molar-refractivity contribution in [1.82, 2.24) is 5.32 Å². The molecule has 0 aromatic heterocycles. The Hall–Kier alpha value is -1.35. The first-order valence-electron chi connectivity index (χ1n) is 6.91. The Morgan fingerprint density at radius 3 is 2.58 bits per heavy atom. The van der Waals surface area contributed by atoms with Crippen molar-refractivity contribution >= 4 is 5.91 Å². The van der Waals surface area contributed by atoms with Crippen LogP contribution in [0.25, 0.3) is 0 Å². The Bertz CT molecular complexity index is 427. The van der Waals surface area contributed by atoms with E-state index in [-0.39, 0.29) is 18.2 Å². The molecule has 1 aromatic carbocycles. The average molecular weight is 263 g/mol. The Morgan fingerprint density at radius 1 is 1.32 bits per heavy atom. The molecule has 1 amide bonds.